The summed E-state index contributed by atoms with van der Waals surface area (Å²) in [4.78, 5) is 11.5. The molecule has 0 aliphatic rings. The number of aromatic nitrogens is 2. The molecule has 0 unspecified atom stereocenters. The molecule has 3 aromatic carbocycles. The Morgan fingerprint density at radius 1 is 1.00 bits per heavy atom. The van der Waals surface area contributed by atoms with E-state index >= 15 is 0 Å². The molecule has 0 aliphatic carbocycles. The summed E-state index contributed by atoms with van der Waals surface area (Å²) in [6, 6.07) is 21.5. The molecular formula is C23H19Cl2N3O2. The first kappa shape index (κ1) is 20.3. The first-order valence-electron chi connectivity index (χ1n) is 9.40. The van der Waals surface area contributed by atoms with E-state index in [1.807, 2.05) is 41.1 Å². The van der Waals surface area contributed by atoms with E-state index in [0.717, 1.165) is 27.8 Å². The lowest BCUT2D eigenvalue weighted by Crippen LogP contribution is -2.12. The van der Waals surface area contributed by atoms with Gasteiger partial charge in [-0.1, -0.05) is 53.5 Å². The number of hydrogen-bond donors (Lipinski definition) is 1. The van der Waals surface area contributed by atoms with E-state index in [2.05, 4.69) is 29.6 Å². The van der Waals surface area contributed by atoms with Crippen LogP contribution in [-0.2, 0) is 9.53 Å². The molecule has 0 spiro atoms. The minimum Gasteiger partial charge on any atom is -0.469 e. The van der Waals surface area contributed by atoms with Gasteiger partial charge in [0.2, 0.25) is 0 Å². The first-order chi connectivity index (χ1) is 14.5. The fourth-order valence-electron chi connectivity index (χ4n) is 3.25. The van der Waals surface area contributed by atoms with Gasteiger partial charge < -0.3 is 10.1 Å². The molecule has 5 nitrogen and oxygen atoms in total. The van der Waals surface area contributed by atoms with Crippen molar-refractivity contribution >= 4 is 45.8 Å². The molecule has 4 aromatic rings. The monoisotopic (exact) mass is 439 g/mol. The first-order valence-corrected chi connectivity index (χ1v) is 10.2. The number of benzene rings is 3. The van der Waals surface area contributed by atoms with Crippen LogP contribution < -0.4 is 5.32 Å². The molecule has 7 heteroatoms. The normalized spacial score (nSPS) is 10.9. The van der Waals surface area contributed by atoms with Crippen molar-refractivity contribution in [1.29, 1.82) is 0 Å². The van der Waals surface area contributed by atoms with Crippen molar-refractivity contribution in [1.82, 2.24) is 9.78 Å². The number of fused-ring (bicyclic) bond motifs is 1. The number of rotatable bonds is 6. The second-order valence-corrected chi connectivity index (χ2v) is 7.64. The summed E-state index contributed by atoms with van der Waals surface area (Å²) >= 11 is 12.4. The van der Waals surface area contributed by atoms with Crippen molar-refractivity contribution in [3.05, 3.63) is 76.8 Å². The van der Waals surface area contributed by atoms with Crippen LogP contribution in [0.2, 0.25) is 10.0 Å². The molecule has 0 amide bonds. The third-order valence-electron chi connectivity index (χ3n) is 4.71. The zero-order valence-electron chi connectivity index (χ0n) is 16.2. The van der Waals surface area contributed by atoms with Crippen LogP contribution in [0.25, 0.3) is 27.7 Å². The van der Waals surface area contributed by atoms with Crippen molar-refractivity contribution in [3.63, 3.8) is 0 Å². The average molecular weight is 440 g/mol. The molecule has 1 aromatic heterocycles. The van der Waals surface area contributed by atoms with Crippen LogP contribution in [0.15, 0.2) is 66.7 Å². The van der Waals surface area contributed by atoms with Gasteiger partial charge in [-0.3, -0.25) is 4.79 Å². The Labute approximate surface area is 184 Å². The van der Waals surface area contributed by atoms with Crippen LogP contribution in [0.1, 0.15) is 6.42 Å². The minimum absolute atomic E-state index is 0.248. The molecule has 0 radical (unpaired) electrons. The summed E-state index contributed by atoms with van der Waals surface area (Å²) in [6.45, 7) is 0.418. The number of hydrogen-bond acceptors (Lipinski definition) is 4. The molecule has 1 N–H and O–H groups in total. The van der Waals surface area contributed by atoms with Gasteiger partial charge in [0.15, 0.2) is 0 Å². The van der Waals surface area contributed by atoms with E-state index in [1.165, 1.54) is 7.11 Å². The van der Waals surface area contributed by atoms with Gasteiger partial charge in [-0.15, -0.1) is 0 Å². The van der Waals surface area contributed by atoms with Crippen molar-refractivity contribution in [2.45, 2.75) is 6.42 Å². The number of esters is 1. The molecule has 0 saturated carbocycles. The standard InChI is InChI=1S/C23H19Cl2N3O2/c1-30-23(29)8-9-26-22-14-21(17-10-18(24)13-19(25)11-17)27-28(22)20-7-6-15-4-2-3-5-16(15)12-20/h2-7,10-14,26H,8-9H2,1H3. The Morgan fingerprint density at radius 3 is 2.47 bits per heavy atom. The van der Waals surface area contributed by atoms with E-state index < -0.39 is 0 Å². The number of ether oxygens (including phenoxy) is 1. The zero-order valence-corrected chi connectivity index (χ0v) is 17.7. The van der Waals surface area contributed by atoms with Crippen molar-refractivity contribution in [2.75, 3.05) is 19.0 Å². The molecule has 0 aliphatic heterocycles. The Bertz CT molecular complexity index is 1200. The van der Waals surface area contributed by atoms with Gasteiger partial charge in [-0.05, 0) is 41.1 Å². The van der Waals surface area contributed by atoms with E-state index in [9.17, 15) is 4.79 Å². The second-order valence-electron chi connectivity index (χ2n) is 6.77. The quantitative estimate of drug-likeness (QED) is 0.375. The van der Waals surface area contributed by atoms with Gasteiger partial charge in [-0.25, -0.2) is 4.68 Å². The van der Waals surface area contributed by atoms with Gasteiger partial charge in [0.25, 0.3) is 0 Å². The second kappa shape index (κ2) is 8.78. The van der Waals surface area contributed by atoms with Crippen LogP contribution in [-0.4, -0.2) is 29.4 Å². The topological polar surface area (TPSA) is 56.1 Å². The molecule has 0 fully saturated rings. The molecule has 152 valence electrons. The highest BCUT2D eigenvalue weighted by molar-refractivity contribution is 6.35. The van der Waals surface area contributed by atoms with E-state index in [4.69, 9.17) is 33.0 Å². The summed E-state index contributed by atoms with van der Waals surface area (Å²) in [5, 5.41) is 11.4. The van der Waals surface area contributed by atoms with E-state index in [-0.39, 0.29) is 12.4 Å². The number of nitrogens with zero attached hydrogens (tertiary/aromatic N) is 2. The third kappa shape index (κ3) is 4.42. The maximum atomic E-state index is 11.5. The third-order valence-corrected chi connectivity index (χ3v) is 5.14. The van der Waals surface area contributed by atoms with E-state index in [1.54, 1.807) is 6.07 Å². The predicted octanol–water partition coefficient (Wildman–Crippen LogP) is 5.97. The highest BCUT2D eigenvalue weighted by Gasteiger charge is 2.13. The van der Waals surface area contributed by atoms with Crippen LogP contribution in [0.5, 0.6) is 0 Å². The Balaban J connectivity index is 1.75. The van der Waals surface area contributed by atoms with Gasteiger partial charge in [0.1, 0.15) is 5.82 Å². The molecular weight excluding hydrogens is 421 g/mol. The molecule has 30 heavy (non-hydrogen) atoms. The number of anilines is 1. The van der Waals surface area contributed by atoms with Crippen molar-refractivity contribution < 1.29 is 9.53 Å². The largest absolute Gasteiger partial charge is 0.469 e. The Kier molecular flexibility index (Phi) is 5.93. The van der Waals surface area contributed by atoms with Gasteiger partial charge >= 0.3 is 5.97 Å². The molecule has 1 heterocycles. The van der Waals surface area contributed by atoms with Crippen LogP contribution >= 0.6 is 23.2 Å². The lowest BCUT2D eigenvalue weighted by molar-refractivity contribution is -0.140. The fraction of sp³-hybridized carbons (Fsp3) is 0.130. The lowest BCUT2D eigenvalue weighted by Gasteiger charge is -2.10. The maximum Gasteiger partial charge on any atom is 0.307 e. The minimum atomic E-state index is -0.277. The summed E-state index contributed by atoms with van der Waals surface area (Å²) < 4.78 is 6.53. The Hall–Kier alpha value is -3.02. The zero-order chi connectivity index (χ0) is 21.1. The number of carbonyl (C=O) groups excluding carboxylic acids is 1. The smallest absolute Gasteiger partial charge is 0.307 e. The summed E-state index contributed by atoms with van der Waals surface area (Å²) in [5.74, 6) is 0.474. The highest BCUT2D eigenvalue weighted by atomic mass is 35.5. The van der Waals surface area contributed by atoms with Gasteiger partial charge in [0, 0.05) is 28.2 Å². The fourth-order valence-corrected chi connectivity index (χ4v) is 3.78. The highest BCUT2D eigenvalue weighted by Crippen LogP contribution is 2.30. The van der Waals surface area contributed by atoms with Crippen LogP contribution in [0, 0.1) is 0 Å². The van der Waals surface area contributed by atoms with Crippen LogP contribution in [0.3, 0.4) is 0 Å². The SMILES string of the molecule is COC(=O)CCNc1cc(-c2cc(Cl)cc(Cl)c2)nn1-c1ccc2ccccc2c1. The predicted molar refractivity (Wildman–Crippen MR) is 122 cm³/mol. The Morgan fingerprint density at radius 2 is 1.73 bits per heavy atom. The van der Waals surface area contributed by atoms with E-state index in [0.29, 0.717) is 22.3 Å². The number of carbonyl (C=O) groups is 1. The number of methoxy groups -OCH3 is 1. The number of halogens is 2. The summed E-state index contributed by atoms with van der Waals surface area (Å²) in [7, 11) is 1.38. The van der Waals surface area contributed by atoms with Gasteiger partial charge in [0.05, 0.1) is 24.9 Å². The maximum absolute atomic E-state index is 11.5. The molecule has 0 saturated heterocycles. The molecule has 0 bridgehead atoms. The summed E-state index contributed by atoms with van der Waals surface area (Å²) in [6.07, 6.45) is 0.248. The van der Waals surface area contributed by atoms with Gasteiger partial charge in [-0.2, -0.15) is 5.10 Å². The van der Waals surface area contributed by atoms with Crippen molar-refractivity contribution in [2.24, 2.45) is 0 Å². The average Bonchev–Trinajstić information content (AvgIpc) is 3.17. The number of nitrogens with one attached hydrogen (secondary N) is 1. The molecule has 0 atom stereocenters. The molecule has 4 rings (SSSR count). The lowest BCUT2D eigenvalue weighted by atomic mass is 10.1. The van der Waals surface area contributed by atoms with Crippen LogP contribution in [0.4, 0.5) is 5.82 Å². The summed E-state index contributed by atoms with van der Waals surface area (Å²) in [5.41, 5.74) is 2.42. The van der Waals surface area contributed by atoms with Crippen molar-refractivity contribution in [3.8, 4) is 16.9 Å².